The molecule has 5 aromatic carbocycles. The molecule has 0 spiro atoms. The van der Waals surface area contributed by atoms with Gasteiger partial charge in [-0.3, -0.25) is 14.4 Å². The Hall–Kier alpha value is -5.51. The van der Waals surface area contributed by atoms with Gasteiger partial charge in [0.15, 0.2) is 0 Å². The molecular formula is C38H32ClN3O5S. The van der Waals surface area contributed by atoms with E-state index in [0.29, 0.717) is 39.0 Å². The van der Waals surface area contributed by atoms with Gasteiger partial charge in [0.1, 0.15) is 22.4 Å². The Morgan fingerprint density at radius 2 is 1.42 bits per heavy atom. The minimum atomic E-state index is -0.610. The molecule has 0 aliphatic carbocycles. The Balaban J connectivity index is 1.34. The molecule has 5 aromatic rings. The summed E-state index contributed by atoms with van der Waals surface area (Å²) in [6.07, 6.45) is 1.53. The number of amides is 3. The Morgan fingerprint density at radius 1 is 0.750 bits per heavy atom. The normalized spacial score (nSPS) is 11.6. The average molecular weight is 678 g/mol. The van der Waals surface area contributed by atoms with Gasteiger partial charge in [-0.2, -0.15) is 0 Å². The second-order valence-corrected chi connectivity index (χ2v) is 11.9. The molecule has 0 aliphatic heterocycles. The Labute approximate surface area is 288 Å². The number of carbonyl (C=O) groups is 3. The van der Waals surface area contributed by atoms with Gasteiger partial charge < -0.3 is 25.4 Å². The van der Waals surface area contributed by atoms with Gasteiger partial charge >= 0.3 is 0 Å². The Morgan fingerprint density at radius 3 is 2.08 bits per heavy atom. The van der Waals surface area contributed by atoms with Crippen LogP contribution in [0, 0.1) is 0 Å². The van der Waals surface area contributed by atoms with E-state index in [2.05, 4.69) is 16.0 Å². The fourth-order valence-electron chi connectivity index (χ4n) is 4.65. The fraction of sp³-hybridized carbons (Fsp3) is 0.0789. The Kier molecular flexibility index (Phi) is 11.5. The average Bonchev–Trinajstić information content (AvgIpc) is 3.12. The number of rotatable bonds is 12. The van der Waals surface area contributed by atoms with Crippen LogP contribution in [0.4, 0.5) is 11.4 Å². The highest BCUT2D eigenvalue weighted by Crippen LogP contribution is 2.38. The third kappa shape index (κ3) is 8.85. The zero-order chi connectivity index (χ0) is 33.9. The first kappa shape index (κ1) is 33.8. The van der Waals surface area contributed by atoms with Crippen molar-refractivity contribution >= 4 is 58.5 Å². The number of methoxy groups -OCH3 is 2. The molecule has 8 nitrogen and oxygen atoms in total. The molecule has 0 heterocycles. The number of nitrogens with one attached hydrogen (secondary N) is 3. The van der Waals surface area contributed by atoms with Crippen molar-refractivity contribution in [2.75, 3.05) is 24.9 Å². The molecule has 48 heavy (non-hydrogen) atoms. The highest BCUT2D eigenvalue weighted by Gasteiger charge is 2.24. The summed E-state index contributed by atoms with van der Waals surface area (Å²) in [5.41, 5.74) is 2.78. The molecule has 242 valence electrons. The monoisotopic (exact) mass is 677 g/mol. The van der Waals surface area contributed by atoms with E-state index in [4.69, 9.17) is 21.1 Å². The van der Waals surface area contributed by atoms with Crippen LogP contribution in [-0.4, -0.2) is 31.9 Å². The van der Waals surface area contributed by atoms with Crippen LogP contribution in [0.25, 0.3) is 6.08 Å². The van der Waals surface area contributed by atoms with Crippen molar-refractivity contribution in [1.29, 1.82) is 0 Å². The van der Waals surface area contributed by atoms with Gasteiger partial charge in [0.2, 0.25) is 5.91 Å². The van der Waals surface area contributed by atoms with Crippen LogP contribution in [0.2, 0.25) is 5.02 Å². The summed E-state index contributed by atoms with van der Waals surface area (Å²) >= 11 is 7.71. The number of anilines is 2. The lowest BCUT2D eigenvalue weighted by Crippen LogP contribution is -2.30. The quantitative estimate of drug-likeness (QED) is 0.0908. The molecule has 1 unspecified atom stereocenters. The van der Waals surface area contributed by atoms with E-state index in [9.17, 15) is 14.4 Å². The summed E-state index contributed by atoms with van der Waals surface area (Å²) in [6, 6.07) is 37.4. The highest BCUT2D eigenvalue weighted by molar-refractivity contribution is 8.00. The number of hydrogen-bond acceptors (Lipinski definition) is 6. The topological polar surface area (TPSA) is 106 Å². The summed E-state index contributed by atoms with van der Waals surface area (Å²) in [5, 5.41) is 8.37. The maximum Gasteiger partial charge on any atom is 0.272 e. The molecule has 0 fully saturated rings. The number of hydrogen-bond donors (Lipinski definition) is 3. The molecule has 0 aromatic heterocycles. The lowest BCUT2D eigenvalue weighted by molar-refractivity contribution is -0.116. The van der Waals surface area contributed by atoms with Gasteiger partial charge in [-0.25, -0.2) is 0 Å². The van der Waals surface area contributed by atoms with Gasteiger partial charge in [-0.05, 0) is 71.8 Å². The molecule has 3 amide bonds. The van der Waals surface area contributed by atoms with E-state index >= 15 is 0 Å². The second kappa shape index (κ2) is 16.4. The fourth-order valence-corrected chi connectivity index (χ4v) is 5.87. The van der Waals surface area contributed by atoms with E-state index in [1.807, 2.05) is 42.5 Å². The molecule has 0 saturated carbocycles. The van der Waals surface area contributed by atoms with Crippen molar-refractivity contribution in [2.24, 2.45) is 0 Å². The van der Waals surface area contributed by atoms with E-state index in [1.165, 1.54) is 24.9 Å². The number of benzene rings is 5. The van der Waals surface area contributed by atoms with Crippen LogP contribution in [0.3, 0.4) is 0 Å². The van der Waals surface area contributed by atoms with Crippen molar-refractivity contribution in [3.63, 3.8) is 0 Å². The smallest absolute Gasteiger partial charge is 0.272 e. The van der Waals surface area contributed by atoms with Crippen LogP contribution in [0.1, 0.15) is 26.7 Å². The second-order valence-electron chi connectivity index (χ2n) is 10.3. The summed E-state index contributed by atoms with van der Waals surface area (Å²) in [7, 11) is 3.09. The molecule has 10 heteroatoms. The third-order valence-electron chi connectivity index (χ3n) is 7.10. The minimum absolute atomic E-state index is 0.0178. The van der Waals surface area contributed by atoms with Crippen molar-refractivity contribution in [3.8, 4) is 11.5 Å². The molecule has 1 atom stereocenters. The van der Waals surface area contributed by atoms with E-state index in [1.54, 1.807) is 92.0 Å². The van der Waals surface area contributed by atoms with Crippen molar-refractivity contribution < 1.29 is 23.9 Å². The first-order chi connectivity index (χ1) is 23.3. The maximum atomic E-state index is 13.7. The highest BCUT2D eigenvalue weighted by atomic mass is 35.5. The molecule has 3 N–H and O–H groups in total. The lowest BCUT2D eigenvalue weighted by atomic mass is 10.1. The molecule has 0 aliphatic rings. The van der Waals surface area contributed by atoms with Gasteiger partial charge in [0.25, 0.3) is 11.8 Å². The zero-order valence-electron chi connectivity index (χ0n) is 26.1. The predicted octanol–water partition coefficient (Wildman–Crippen LogP) is 8.24. The molecule has 0 bridgehead atoms. The largest absolute Gasteiger partial charge is 0.497 e. The Bertz CT molecular complexity index is 1920. The number of ether oxygens (including phenoxy) is 2. The summed E-state index contributed by atoms with van der Waals surface area (Å²) in [5.74, 6) is -0.138. The van der Waals surface area contributed by atoms with E-state index in [0.717, 1.165) is 10.5 Å². The van der Waals surface area contributed by atoms with Crippen LogP contribution < -0.4 is 25.4 Å². The van der Waals surface area contributed by atoms with Crippen LogP contribution in [0.15, 0.2) is 138 Å². The minimum Gasteiger partial charge on any atom is -0.497 e. The zero-order valence-corrected chi connectivity index (χ0v) is 27.7. The van der Waals surface area contributed by atoms with Crippen LogP contribution in [0.5, 0.6) is 11.5 Å². The number of thioether (sulfide) groups is 1. The summed E-state index contributed by atoms with van der Waals surface area (Å²) in [6.45, 7) is 0. The van der Waals surface area contributed by atoms with Gasteiger partial charge in [0.05, 0.1) is 19.9 Å². The van der Waals surface area contributed by atoms with Gasteiger partial charge in [-0.1, -0.05) is 78.3 Å². The third-order valence-corrected chi connectivity index (χ3v) is 8.72. The maximum absolute atomic E-state index is 13.7. The predicted molar refractivity (Wildman–Crippen MR) is 192 cm³/mol. The van der Waals surface area contributed by atoms with Crippen LogP contribution >= 0.6 is 23.4 Å². The molecule has 5 rings (SSSR count). The summed E-state index contributed by atoms with van der Waals surface area (Å²) in [4.78, 5) is 41.0. The lowest BCUT2D eigenvalue weighted by Gasteiger charge is -2.19. The van der Waals surface area contributed by atoms with Gasteiger partial charge in [0, 0.05) is 27.2 Å². The van der Waals surface area contributed by atoms with Crippen molar-refractivity contribution in [2.45, 2.75) is 10.1 Å². The van der Waals surface area contributed by atoms with E-state index < -0.39 is 17.1 Å². The first-order valence-corrected chi connectivity index (χ1v) is 16.1. The molecule has 0 saturated heterocycles. The van der Waals surface area contributed by atoms with Crippen molar-refractivity contribution in [3.05, 3.63) is 155 Å². The van der Waals surface area contributed by atoms with Gasteiger partial charge in [-0.15, -0.1) is 11.8 Å². The molecular weight excluding hydrogens is 646 g/mol. The first-order valence-electron chi connectivity index (χ1n) is 14.8. The number of carbonyl (C=O) groups excluding carboxylic acids is 3. The SMILES string of the molecule is COc1ccc(OC)c(NC(=O)C(Sc2ccc(NC(=O)/C(=C/c3ccccc3Cl)NC(=O)c3ccccc3)cc2)c2ccccc2)c1. The standard InChI is InChI=1S/C38H32ClN3O5S/c1-46-29-19-22-34(47-2)32(24-29)41-38(45)35(25-11-5-3-6-12-25)48-30-20-17-28(18-21-30)40-37(44)33(23-27-15-9-10-16-31(27)39)42-36(43)26-13-7-4-8-14-26/h3-24,35H,1-2H3,(H,40,44)(H,41,45)(H,42,43)/b33-23-. The van der Waals surface area contributed by atoms with Crippen LogP contribution in [-0.2, 0) is 9.59 Å². The summed E-state index contributed by atoms with van der Waals surface area (Å²) < 4.78 is 10.8. The van der Waals surface area contributed by atoms with E-state index in [-0.39, 0.29) is 11.6 Å². The molecule has 0 radical (unpaired) electrons. The number of halogens is 1. The van der Waals surface area contributed by atoms with Crippen molar-refractivity contribution in [1.82, 2.24) is 5.32 Å².